The third-order valence-corrected chi connectivity index (χ3v) is 2.35. The Labute approximate surface area is 84.0 Å². The number of hydrogen-bond donors (Lipinski definition) is 1. The molecule has 1 aromatic carbocycles. The molecule has 2 N–H and O–H groups in total. The average molecular weight is 186 g/mol. The lowest BCUT2D eigenvalue weighted by molar-refractivity contribution is 1.02. The Balaban J connectivity index is 2.60. The van der Waals surface area contributed by atoms with Gasteiger partial charge in [0.1, 0.15) is 0 Å². The van der Waals surface area contributed by atoms with Gasteiger partial charge in [0, 0.05) is 11.9 Å². The fourth-order valence-electron chi connectivity index (χ4n) is 1.71. The number of nitrogens with two attached hydrogens (primary N) is 1. The standard InChI is InChI=1S/C12H14N2/c1-9-7-10(2)14(8-9)12-6-4-3-5-11(12)13/h3-8H,13H2,1-2H3. The molecule has 2 rings (SSSR count). The van der Waals surface area contributed by atoms with E-state index in [1.807, 2.05) is 24.3 Å². The van der Waals surface area contributed by atoms with E-state index in [2.05, 4.69) is 30.7 Å². The van der Waals surface area contributed by atoms with Crippen LogP contribution in [0.1, 0.15) is 11.3 Å². The van der Waals surface area contributed by atoms with Gasteiger partial charge < -0.3 is 10.3 Å². The van der Waals surface area contributed by atoms with Crippen molar-refractivity contribution in [3.63, 3.8) is 0 Å². The summed E-state index contributed by atoms with van der Waals surface area (Å²) in [6.45, 7) is 4.17. The number of aryl methyl sites for hydroxylation is 2. The van der Waals surface area contributed by atoms with Crippen molar-refractivity contribution in [3.8, 4) is 5.69 Å². The molecular weight excluding hydrogens is 172 g/mol. The van der Waals surface area contributed by atoms with E-state index in [1.54, 1.807) is 0 Å². The molecule has 2 nitrogen and oxygen atoms in total. The Morgan fingerprint density at radius 2 is 1.86 bits per heavy atom. The summed E-state index contributed by atoms with van der Waals surface area (Å²) in [6.07, 6.45) is 2.10. The van der Waals surface area contributed by atoms with Gasteiger partial charge in [-0.3, -0.25) is 0 Å². The number of anilines is 1. The predicted molar refractivity (Wildman–Crippen MR) is 59.7 cm³/mol. The normalized spacial score (nSPS) is 10.4. The van der Waals surface area contributed by atoms with Crippen LogP contribution in [0.25, 0.3) is 5.69 Å². The first-order chi connectivity index (χ1) is 6.68. The predicted octanol–water partition coefficient (Wildman–Crippen LogP) is 2.68. The molecule has 0 aliphatic heterocycles. The molecule has 0 unspecified atom stereocenters. The van der Waals surface area contributed by atoms with E-state index in [9.17, 15) is 0 Å². The van der Waals surface area contributed by atoms with Crippen molar-refractivity contribution >= 4 is 5.69 Å². The van der Waals surface area contributed by atoms with E-state index in [0.29, 0.717) is 0 Å². The smallest absolute Gasteiger partial charge is 0.0682 e. The van der Waals surface area contributed by atoms with Gasteiger partial charge in [-0.2, -0.15) is 0 Å². The van der Waals surface area contributed by atoms with Crippen LogP contribution in [0.5, 0.6) is 0 Å². The minimum absolute atomic E-state index is 0.811. The van der Waals surface area contributed by atoms with E-state index in [1.165, 1.54) is 11.3 Å². The Hall–Kier alpha value is -1.70. The largest absolute Gasteiger partial charge is 0.397 e. The molecule has 0 aliphatic carbocycles. The summed E-state index contributed by atoms with van der Waals surface area (Å²) in [5.41, 5.74) is 10.2. The van der Waals surface area contributed by atoms with E-state index in [4.69, 9.17) is 5.73 Å². The molecule has 2 aromatic rings. The summed E-state index contributed by atoms with van der Waals surface area (Å²) in [7, 11) is 0. The Morgan fingerprint density at radius 3 is 2.43 bits per heavy atom. The lowest BCUT2D eigenvalue weighted by Gasteiger charge is -2.08. The van der Waals surface area contributed by atoms with Crippen LogP contribution in [-0.4, -0.2) is 4.57 Å². The van der Waals surface area contributed by atoms with Crippen molar-refractivity contribution in [3.05, 3.63) is 47.8 Å². The number of rotatable bonds is 1. The third-order valence-electron chi connectivity index (χ3n) is 2.35. The van der Waals surface area contributed by atoms with E-state index < -0.39 is 0 Å². The van der Waals surface area contributed by atoms with Crippen molar-refractivity contribution in [2.24, 2.45) is 0 Å². The maximum absolute atomic E-state index is 5.91. The molecule has 14 heavy (non-hydrogen) atoms. The highest BCUT2D eigenvalue weighted by Gasteiger charge is 2.03. The minimum atomic E-state index is 0.811. The zero-order valence-corrected chi connectivity index (χ0v) is 8.49. The molecule has 0 saturated carbocycles. The van der Waals surface area contributed by atoms with Crippen molar-refractivity contribution in [1.29, 1.82) is 0 Å². The second kappa shape index (κ2) is 3.22. The number of nitrogens with zero attached hydrogens (tertiary/aromatic N) is 1. The second-order valence-corrected chi connectivity index (χ2v) is 3.59. The van der Waals surface area contributed by atoms with Gasteiger partial charge in [0.2, 0.25) is 0 Å². The lowest BCUT2D eigenvalue weighted by Crippen LogP contribution is -1.99. The van der Waals surface area contributed by atoms with Gasteiger partial charge in [-0.15, -0.1) is 0 Å². The number of aromatic nitrogens is 1. The van der Waals surface area contributed by atoms with Crippen LogP contribution < -0.4 is 5.73 Å². The highest BCUT2D eigenvalue weighted by atomic mass is 15.0. The fourth-order valence-corrected chi connectivity index (χ4v) is 1.71. The highest BCUT2D eigenvalue weighted by Crippen LogP contribution is 2.20. The number of nitrogen functional groups attached to an aromatic ring is 1. The molecule has 0 saturated heterocycles. The maximum atomic E-state index is 5.91. The zero-order chi connectivity index (χ0) is 10.1. The van der Waals surface area contributed by atoms with Crippen LogP contribution in [0, 0.1) is 13.8 Å². The molecular formula is C12H14N2. The summed E-state index contributed by atoms with van der Waals surface area (Å²) in [6, 6.07) is 10.0. The fraction of sp³-hybridized carbons (Fsp3) is 0.167. The summed E-state index contributed by atoms with van der Waals surface area (Å²) >= 11 is 0. The van der Waals surface area contributed by atoms with Crippen LogP contribution in [0.2, 0.25) is 0 Å². The first-order valence-corrected chi connectivity index (χ1v) is 4.69. The molecule has 0 atom stereocenters. The van der Waals surface area contributed by atoms with Crippen LogP contribution in [0.15, 0.2) is 36.5 Å². The zero-order valence-electron chi connectivity index (χ0n) is 8.49. The quantitative estimate of drug-likeness (QED) is 0.682. The molecule has 2 heteroatoms. The summed E-state index contributed by atoms with van der Waals surface area (Å²) in [5, 5.41) is 0. The van der Waals surface area contributed by atoms with E-state index in [0.717, 1.165) is 11.4 Å². The SMILES string of the molecule is Cc1cc(C)n(-c2ccccc2N)c1. The van der Waals surface area contributed by atoms with Crippen LogP contribution in [0.3, 0.4) is 0 Å². The van der Waals surface area contributed by atoms with Crippen molar-refractivity contribution in [2.75, 3.05) is 5.73 Å². The van der Waals surface area contributed by atoms with Gasteiger partial charge in [-0.1, -0.05) is 12.1 Å². The first kappa shape index (κ1) is 8.88. The number of benzene rings is 1. The lowest BCUT2D eigenvalue weighted by atomic mass is 10.2. The minimum Gasteiger partial charge on any atom is -0.397 e. The molecule has 0 radical (unpaired) electrons. The monoisotopic (exact) mass is 186 g/mol. The summed E-state index contributed by atoms with van der Waals surface area (Å²) < 4.78 is 2.12. The summed E-state index contributed by atoms with van der Waals surface area (Å²) in [4.78, 5) is 0. The van der Waals surface area contributed by atoms with Crippen LogP contribution in [-0.2, 0) is 0 Å². The molecule has 1 aromatic heterocycles. The molecule has 0 amide bonds. The third kappa shape index (κ3) is 1.39. The Morgan fingerprint density at radius 1 is 1.14 bits per heavy atom. The molecule has 0 fully saturated rings. The van der Waals surface area contributed by atoms with Crippen LogP contribution in [0.4, 0.5) is 5.69 Å². The van der Waals surface area contributed by atoms with Crippen molar-refractivity contribution in [2.45, 2.75) is 13.8 Å². The van der Waals surface area contributed by atoms with E-state index >= 15 is 0 Å². The van der Waals surface area contributed by atoms with Gasteiger partial charge in [-0.25, -0.2) is 0 Å². The van der Waals surface area contributed by atoms with Crippen molar-refractivity contribution in [1.82, 2.24) is 4.57 Å². The van der Waals surface area contributed by atoms with Gasteiger partial charge in [0.15, 0.2) is 0 Å². The number of para-hydroxylation sites is 2. The summed E-state index contributed by atoms with van der Waals surface area (Å²) in [5.74, 6) is 0. The number of hydrogen-bond acceptors (Lipinski definition) is 1. The maximum Gasteiger partial charge on any atom is 0.0682 e. The molecule has 0 aliphatic rings. The molecule has 0 spiro atoms. The molecule has 0 bridgehead atoms. The molecule has 72 valence electrons. The Bertz CT molecular complexity index is 455. The first-order valence-electron chi connectivity index (χ1n) is 4.69. The highest BCUT2D eigenvalue weighted by molar-refractivity contribution is 5.58. The van der Waals surface area contributed by atoms with Gasteiger partial charge in [0.25, 0.3) is 0 Å². The Kier molecular flexibility index (Phi) is 2.04. The van der Waals surface area contributed by atoms with E-state index in [-0.39, 0.29) is 0 Å². The second-order valence-electron chi connectivity index (χ2n) is 3.59. The van der Waals surface area contributed by atoms with Crippen LogP contribution >= 0.6 is 0 Å². The molecule has 1 heterocycles. The van der Waals surface area contributed by atoms with Crippen molar-refractivity contribution < 1.29 is 0 Å². The van der Waals surface area contributed by atoms with Gasteiger partial charge >= 0.3 is 0 Å². The van der Waals surface area contributed by atoms with Gasteiger partial charge in [0.05, 0.1) is 11.4 Å². The van der Waals surface area contributed by atoms with Gasteiger partial charge in [-0.05, 0) is 37.6 Å². The average Bonchev–Trinajstić information content (AvgIpc) is 2.46. The topological polar surface area (TPSA) is 30.9 Å².